The highest BCUT2D eigenvalue weighted by atomic mass is 32.2. The Morgan fingerprint density at radius 2 is 2.00 bits per heavy atom. The highest BCUT2D eigenvalue weighted by Gasteiger charge is 2.39. The van der Waals surface area contributed by atoms with Crippen molar-refractivity contribution < 1.29 is 21.6 Å². The monoisotopic (exact) mass is 271 g/mol. The molecule has 3 N–H and O–H groups in total. The molecule has 9 heteroatoms. The zero-order valence-corrected chi connectivity index (χ0v) is 9.82. The molecule has 1 aliphatic rings. The number of hydrogen-bond donors (Lipinski definition) is 2. The van der Waals surface area contributed by atoms with E-state index >= 15 is 0 Å². The van der Waals surface area contributed by atoms with Gasteiger partial charge < -0.3 is 5.73 Å². The second kappa shape index (κ2) is 4.30. The molecule has 0 saturated carbocycles. The van der Waals surface area contributed by atoms with Gasteiger partial charge in [0, 0.05) is 30.8 Å². The molecule has 0 unspecified atom stereocenters. The molecule has 0 saturated heterocycles. The Labute approximate surface area is 96.6 Å². The lowest BCUT2D eigenvalue weighted by Gasteiger charge is -2.28. The van der Waals surface area contributed by atoms with Crippen molar-refractivity contribution in [3.63, 3.8) is 0 Å². The molecule has 17 heavy (non-hydrogen) atoms. The van der Waals surface area contributed by atoms with Gasteiger partial charge in [-0.1, -0.05) is 0 Å². The minimum atomic E-state index is -4.82. The fourth-order valence-corrected chi connectivity index (χ4v) is 2.23. The van der Waals surface area contributed by atoms with Gasteiger partial charge >= 0.3 is 6.18 Å². The number of rotatable bonds is 2. The molecular formula is C8H12F3N3O2S. The molecule has 5 nitrogen and oxygen atoms in total. The maximum absolute atomic E-state index is 12.3. The van der Waals surface area contributed by atoms with Crippen LogP contribution < -0.4 is 5.73 Å². The first-order valence-electron chi connectivity index (χ1n) is 4.62. The molecular weight excluding hydrogens is 259 g/mol. The predicted octanol–water partition coefficient (Wildman–Crippen LogP) is 0.447. The molecule has 0 aromatic heterocycles. The first kappa shape index (κ1) is 14.0. The van der Waals surface area contributed by atoms with Crippen LogP contribution in [0.3, 0.4) is 0 Å². The van der Waals surface area contributed by atoms with Crippen LogP contribution in [-0.4, -0.2) is 44.0 Å². The molecule has 0 bridgehead atoms. The summed E-state index contributed by atoms with van der Waals surface area (Å²) in [6.45, 7) is -0.456. The Morgan fingerprint density at radius 3 is 2.41 bits per heavy atom. The van der Waals surface area contributed by atoms with E-state index in [1.807, 2.05) is 0 Å². The summed E-state index contributed by atoms with van der Waals surface area (Å²) in [7, 11) is -3.58. The van der Waals surface area contributed by atoms with Gasteiger partial charge in [0.1, 0.15) is 5.71 Å². The Kier molecular flexibility index (Phi) is 3.53. The summed E-state index contributed by atoms with van der Waals surface area (Å²) in [6, 6.07) is 0. The third-order valence-corrected chi connectivity index (χ3v) is 3.66. The van der Waals surface area contributed by atoms with Crippen molar-refractivity contribution in [1.29, 1.82) is 5.41 Å². The fourth-order valence-electron chi connectivity index (χ4n) is 1.45. The molecule has 1 aliphatic heterocycles. The van der Waals surface area contributed by atoms with E-state index < -0.39 is 34.0 Å². The maximum atomic E-state index is 12.3. The number of nitrogens with zero attached hydrogens (tertiary/aromatic N) is 1. The summed E-state index contributed by atoms with van der Waals surface area (Å²) in [5, 5.41) is 6.98. The first-order valence-corrected chi connectivity index (χ1v) is 6.47. The minimum absolute atomic E-state index is 0.000856. The molecule has 0 atom stereocenters. The second-order valence-corrected chi connectivity index (χ2v) is 5.71. The second-order valence-electron chi connectivity index (χ2n) is 3.72. The van der Waals surface area contributed by atoms with Crippen molar-refractivity contribution in [2.24, 2.45) is 5.73 Å². The number of halogens is 3. The Morgan fingerprint density at radius 1 is 1.47 bits per heavy atom. The summed E-state index contributed by atoms with van der Waals surface area (Å²) < 4.78 is 60.4. The summed E-state index contributed by atoms with van der Waals surface area (Å²) >= 11 is 0. The first-order chi connectivity index (χ1) is 7.53. The van der Waals surface area contributed by atoms with Crippen LogP contribution in [0.5, 0.6) is 0 Å². The maximum Gasteiger partial charge on any atom is 0.433 e. The number of nitrogens with one attached hydrogen (secondary N) is 1. The molecule has 1 heterocycles. The largest absolute Gasteiger partial charge is 0.433 e. The fraction of sp³-hybridized carbons (Fsp3) is 0.625. The van der Waals surface area contributed by atoms with Crippen molar-refractivity contribution in [1.82, 2.24) is 4.31 Å². The van der Waals surface area contributed by atoms with Crippen molar-refractivity contribution in [2.45, 2.75) is 12.6 Å². The molecule has 0 aromatic rings. The topological polar surface area (TPSA) is 87.2 Å². The van der Waals surface area contributed by atoms with E-state index in [2.05, 4.69) is 0 Å². The quantitative estimate of drug-likeness (QED) is 0.715. The number of hydrogen-bond acceptors (Lipinski definition) is 4. The summed E-state index contributed by atoms with van der Waals surface area (Å²) in [4.78, 5) is 0. The van der Waals surface area contributed by atoms with E-state index in [4.69, 9.17) is 11.1 Å². The highest BCUT2D eigenvalue weighted by molar-refractivity contribution is 7.88. The van der Waals surface area contributed by atoms with E-state index in [0.29, 0.717) is 0 Å². The third-order valence-electron chi connectivity index (χ3n) is 2.41. The molecule has 0 fully saturated rings. The van der Waals surface area contributed by atoms with Crippen LogP contribution in [0.25, 0.3) is 0 Å². The SMILES string of the molecule is CS(=O)(=O)N1CCC(N)=C(C(=N)C(F)(F)F)C1. The normalized spacial score (nSPS) is 19.5. The van der Waals surface area contributed by atoms with Crippen LogP contribution in [0, 0.1) is 5.41 Å². The lowest BCUT2D eigenvalue weighted by molar-refractivity contribution is -0.0592. The molecule has 0 aromatic carbocycles. The number of sulfonamides is 1. The zero-order chi connectivity index (χ0) is 13.4. The van der Waals surface area contributed by atoms with Crippen LogP contribution in [0.2, 0.25) is 0 Å². The Bertz CT molecular complexity index is 467. The summed E-state index contributed by atoms with van der Waals surface area (Å²) in [5.41, 5.74) is 3.28. The smallest absolute Gasteiger partial charge is 0.402 e. The van der Waals surface area contributed by atoms with E-state index in [0.717, 1.165) is 10.6 Å². The lowest BCUT2D eigenvalue weighted by atomic mass is 10.0. The molecule has 1 rings (SSSR count). The van der Waals surface area contributed by atoms with Crippen molar-refractivity contribution >= 4 is 15.7 Å². The van der Waals surface area contributed by atoms with E-state index in [-0.39, 0.29) is 18.7 Å². The molecule has 0 radical (unpaired) electrons. The van der Waals surface area contributed by atoms with Crippen LogP contribution in [-0.2, 0) is 10.0 Å². The molecule has 98 valence electrons. The average Bonchev–Trinajstić information content (AvgIpc) is 2.14. The van der Waals surface area contributed by atoms with Crippen molar-refractivity contribution in [2.75, 3.05) is 19.3 Å². The number of alkyl halides is 3. The van der Waals surface area contributed by atoms with Gasteiger partial charge in [0.05, 0.1) is 6.26 Å². The highest BCUT2D eigenvalue weighted by Crippen LogP contribution is 2.26. The van der Waals surface area contributed by atoms with Gasteiger partial charge in [-0.3, -0.25) is 5.41 Å². The zero-order valence-electron chi connectivity index (χ0n) is 9.00. The van der Waals surface area contributed by atoms with E-state index in [9.17, 15) is 21.6 Å². The van der Waals surface area contributed by atoms with Gasteiger partial charge in [0.15, 0.2) is 0 Å². The number of nitrogens with two attached hydrogens (primary N) is 1. The van der Waals surface area contributed by atoms with Gasteiger partial charge in [-0.2, -0.15) is 17.5 Å². The van der Waals surface area contributed by atoms with Gasteiger partial charge in [-0.15, -0.1) is 0 Å². The van der Waals surface area contributed by atoms with Crippen molar-refractivity contribution in [3.8, 4) is 0 Å². The lowest BCUT2D eigenvalue weighted by Crippen LogP contribution is -2.41. The summed E-state index contributed by atoms with van der Waals surface area (Å²) in [6.07, 6.45) is -3.91. The predicted molar refractivity (Wildman–Crippen MR) is 56.0 cm³/mol. The van der Waals surface area contributed by atoms with E-state index in [1.165, 1.54) is 0 Å². The van der Waals surface area contributed by atoms with Crippen LogP contribution in [0.15, 0.2) is 11.3 Å². The van der Waals surface area contributed by atoms with Gasteiger partial charge in [-0.25, -0.2) is 8.42 Å². The minimum Gasteiger partial charge on any atom is -0.402 e. The molecule has 0 amide bonds. The van der Waals surface area contributed by atoms with Crippen molar-refractivity contribution in [3.05, 3.63) is 11.3 Å². The third kappa shape index (κ3) is 3.19. The van der Waals surface area contributed by atoms with Crippen LogP contribution in [0.1, 0.15) is 6.42 Å². The van der Waals surface area contributed by atoms with E-state index in [1.54, 1.807) is 0 Å². The van der Waals surface area contributed by atoms with Gasteiger partial charge in [0.2, 0.25) is 10.0 Å². The van der Waals surface area contributed by atoms with Gasteiger partial charge in [-0.05, 0) is 0 Å². The molecule has 0 spiro atoms. The summed E-state index contributed by atoms with van der Waals surface area (Å²) in [5.74, 6) is 0. The van der Waals surface area contributed by atoms with Crippen LogP contribution in [0.4, 0.5) is 13.2 Å². The molecule has 0 aliphatic carbocycles. The van der Waals surface area contributed by atoms with Gasteiger partial charge in [0.25, 0.3) is 0 Å². The standard InChI is InChI=1S/C8H12F3N3O2S/c1-17(15,16)14-3-2-6(12)5(4-14)7(13)8(9,10)11/h13H,2-4,12H2,1H3. The Balaban J connectivity index is 3.04. The van der Waals surface area contributed by atoms with Crippen LogP contribution >= 0.6 is 0 Å². The Hall–Kier alpha value is -1.09. The average molecular weight is 271 g/mol.